The van der Waals surface area contributed by atoms with Gasteiger partial charge in [-0.2, -0.15) is 5.10 Å². The summed E-state index contributed by atoms with van der Waals surface area (Å²) in [5, 5.41) is 6.60. The Kier molecular flexibility index (Phi) is 4.55. The molecule has 0 aliphatic carbocycles. The van der Waals surface area contributed by atoms with Crippen LogP contribution in [0.25, 0.3) is 22.4 Å². The molecule has 148 valence electrons. The quantitative estimate of drug-likeness (QED) is 0.421. The van der Waals surface area contributed by atoms with Crippen molar-refractivity contribution < 1.29 is 17.2 Å². The van der Waals surface area contributed by atoms with Crippen LogP contribution in [0.4, 0.5) is 20.3 Å². The normalized spacial score (nSPS) is 11.7. The molecule has 8 nitrogen and oxygen atoms in total. The second kappa shape index (κ2) is 6.94. The molecule has 0 saturated carbocycles. The Morgan fingerprint density at radius 1 is 1.10 bits per heavy atom. The number of aromatic amines is 1. The number of sulfonamides is 1. The maximum absolute atomic E-state index is 13.9. The molecule has 0 atom stereocenters. The summed E-state index contributed by atoms with van der Waals surface area (Å²) >= 11 is 5.56. The lowest BCUT2D eigenvalue weighted by molar-refractivity contribution is 0.551. The Hall–Kier alpha value is -3.31. The molecule has 0 fully saturated rings. The van der Waals surface area contributed by atoms with Gasteiger partial charge in [-0.05, 0) is 30.3 Å². The summed E-state index contributed by atoms with van der Waals surface area (Å²) in [6.07, 6.45) is 1.52. The largest absolute Gasteiger partial charge is 0.382 e. The van der Waals surface area contributed by atoms with Crippen LogP contribution in [0.5, 0.6) is 0 Å². The average molecular weight is 437 g/mol. The molecule has 4 rings (SSSR count). The van der Waals surface area contributed by atoms with E-state index >= 15 is 0 Å². The first-order valence-corrected chi connectivity index (χ1v) is 9.85. The summed E-state index contributed by atoms with van der Waals surface area (Å²) < 4.78 is 54.2. The Labute approximate surface area is 167 Å². The fourth-order valence-corrected chi connectivity index (χ4v) is 3.95. The van der Waals surface area contributed by atoms with E-state index < -0.39 is 31.6 Å². The molecule has 4 aromatic rings. The molecular weight excluding hydrogens is 426 g/mol. The number of halogens is 3. The lowest BCUT2D eigenvalue weighted by Crippen LogP contribution is -2.15. The third-order valence-corrected chi connectivity index (χ3v) is 5.69. The van der Waals surface area contributed by atoms with Gasteiger partial charge in [0.25, 0.3) is 10.0 Å². The first-order chi connectivity index (χ1) is 13.7. The molecule has 2 aromatic carbocycles. The number of fused-ring (bicyclic) bond motifs is 1. The molecule has 0 saturated heterocycles. The van der Waals surface area contributed by atoms with Crippen molar-refractivity contribution in [2.45, 2.75) is 4.90 Å². The summed E-state index contributed by atoms with van der Waals surface area (Å²) in [4.78, 5) is 7.74. The van der Waals surface area contributed by atoms with Crippen molar-refractivity contribution in [3.8, 4) is 11.4 Å². The first kappa shape index (κ1) is 19.0. The molecule has 2 heterocycles. The van der Waals surface area contributed by atoms with Crippen LogP contribution in [0.3, 0.4) is 0 Å². The predicted molar refractivity (Wildman–Crippen MR) is 104 cm³/mol. The number of aromatic nitrogens is 4. The number of hydrogen-bond acceptors (Lipinski definition) is 6. The number of nitrogens with two attached hydrogens (primary N) is 1. The van der Waals surface area contributed by atoms with Gasteiger partial charge < -0.3 is 5.73 Å². The molecule has 0 unspecified atom stereocenters. The highest BCUT2D eigenvalue weighted by Gasteiger charge is 2.22. The second-order valence-corrected chi connectivity index (χ2v) is 8.00. The number of rotatable bonds is 4. The van der Waals surface area contributed by atoms with Gasteiger partial charge in [0.1, 0.15) is 16.5 Å². The Morgan fingerprint density at radius 2 is 1.83 bits per heavy atom. The zero-order valence-electron chi connectivity index (χ0n) is 14.3. The van der Waals surface area contributed by atoms with E-state index in [1.165, 1.54) is 18.3 Å². The van der Waals surface area contributed by atoms with Crippen molar-refractivity contribution in [1.29, 1.82) is 0 Å². The number of nitrogens with zero attached hydrogens (tertiary/aromatic N) is 3. The minimum atomic E-state index is -4.32. The minimum absolute atomic E-state index is 0.153. The molecule has 12 heteroatoms. The molecule has 4 N–H and O–H groups in total. The van der Waals surface area contributed by atoms with E-state index in [-0.39, 0.29) is 11.5 Å². The monoisotopic (exact) mass is 436 g/mol. The average Bonchev–Trinajstić information content (AvgIpc) is 3.05. The maximum Gasteiger partial charge on any atom is 0.264 e. The number of anilines is 2. The van der Waals surface area contributed by atoms with E-state index in [0.29, 0.717) is 34.6 Å². The summed E-state index contributed by atoms with van der Waals surface area (Å²) in [6, 6.07) is 7.17. The Balaban J connectivity index is 1.61. The lowest BCUT2D eigenvalue weighted by Gasteiger charge is -2.10. The van der Waals surface area contributed by atoms with Crippen LogP contribution in [0, 0.1) is 11.6 Å². The van der Waals surface area contributed by atoms with Crippen molar-refractivity contribution in [2.24, 2.45) is 0 Å². The topological polar surface area (TPSA) is 127 Å². The third kappa shape index (κ3) is 3.57. The van der Waals surface area contributed by atoms with E-state index in [4.69, 9.17) is 17.3 Å². The van der Waals surface area contributed by atoms with Gasteiger partial charge in [0.2, 0.25) is 0 Å². The van der Waals surface area contributed by atoms with E-state index in [2.05, 4.69) is 24.9 Å². The highest BCUT2D eigenvalue weighted by Crippen LogP contribution is 2.26. The molecule has 29 heavy (non-hydrogen) atoms. The predicted octanol–water partition coefficient (Wildman–Crippen LogP) is 3.33. The third-order valence-electron chi connectivity index (χ3n) is 4.01. The standard InChI is InChI=1S/C17H11ClF2N6O2S/c18-11-5-14(13(20)6-12(11)19)29(27,28)26-9-3-1-8(2-4-9)16-22-7-10-15(21)24-25-17(10)23-16/h1-7,26H,(H3,21,22,23,24,25). The van der Waals surface area contributed by atoms with Gasteiger partial charge in [0, 0.05) is 23.5 Å². The van der Waals surface area contributed by atoms with Crippen LogP contribution in [-0.4, -0.2) is 28.6 Å². The van der Waals surface area contributed by atoms with E-state index in [1.54, 1.807) is 12.1 Å². The number of H-pyrrole nitrogens is 1. The van der Waals surface area contributed by atoms with Gasteiger partial charge in [-0.25, -0.2) is 27.2 Å². The fraction of sp³-hybridized carbons (Fsp3) is 0. The molecule has 0 aliphatic rings. The van der Waals surface area contributed by atoms with Crippen molar-refractivity contribution in [1.82, 2.24) is 20.2 Å². The van der Waals surface area contributed by atoms with Crippen LogP contribution < -0.4 is 10.5 Å². The van der Waals surface area contributed by atoms with E-state index in [1.807, 2.05) is 0 Å². The highest BCUT2D eigenvalue weighted by molar-refractivity contribution is 7.92. The van der Waals surface area contributed by atoms with E-state index in [0.717, 1.165) is 0 Å². The van der Waals surface area contributed by atoms with Crippen molar-refractivity contribution >= 4 is 44.2 Å². The molecule has 2 aromatic heterocycles. The first-order valence-electron chi connectivity index (χ1n) is 7.99. The summed E-state index contributed by atoms with van der Waals surface area (Å²) in [5.41, 5.74) is 6.89. The molecular formula is C17H11ClF2N6O2S. The fourth-order valence-electron chi connectivity index (χ4n) is 2.57. The Morgan fingerprint density at radius 3 is 2.55 bits per heavy atom. The smallest absolute Gasteiger partial charge is 0.264 e. The highest BCUT2D eigenvalue weighted by atomic mass is 35.5. The second-order valence-electron chi connectivity index (χ2n) is 5.94. The zero-order chi connectivity index (χ0) is 20.8. The van der Waals surface area contributed by atoms with Gasteiger partial charge in [-0.15, -0.1) is 0 Å². The molecule has 0 spiro atoms. The minimum Gasteiger partial charge on any atom is -0.382 e. The number of nitrogen functional groups attached to an aromatic ring is 1. The van der Waals surface area contributed by atoms with Crippen LogP contribution in [0.1, 0.15) is 0 Å². The van der Waals surface area contributed by atoms with Gasteiger partial charge in [-0.1, -0.05) is 11.6 Å². The molecule has 0 bridgehead atoms. The summed E-state index contributed by atoms with van der Waals surface area (Å²) in [6.45, 7) is 0. The number of benzene rings is 2. The molecule has 0 aliphatic heterocycles. The van der Waals surface area contributed by atoms with Crippen LogP contribution in [0.2, 0.25) is 5.02 Å². The SMILES string of the molecule is Nc1n[nH]c2nc(-c3ccc(NS(=O)(=O)c4cc(Cl)c(F)cc4F)cc3)ncc12. The van der Waals surface area contributed by atoms with Gasteiger partial charge >= 0.3 is 0 Å². The molecule has 0 amide bonds. The van der Waals surface area contributed by atoms with Crippen LogP contribution in [-0.2, 0) is 10.0 Å². The lowest BCUT2D eigenvalue weighted by atomic mass is 10.2. The van der Waals surface area contributed by atoms with Crippen LogP contribution in [0.15, 0.2) is 47.5 Å². The van der Waals surface area contributed by atoms with Gasteiger partial charge in [0.15, 0.2) is 17.3 Å². The number of nitrogens with one attached hydrogen (secondary N) is 2. The number of hydrogen-bond donors (Lipinski definition) is 3. The molecule has 0 radical (unpaired) electrons. The van der Waals surface area contributed by atoms with E-state index in [9.17, 15) is 17.2 Å². The zero-order valence-corrected chi connectivity index (χ0v) is 15.9. The van der Waals surface area contributed by atoms with Crippen molar-refractivity contribution in [2.75, 3.05) is 10.5 Å². The maximum atomic E-state index is 13.9. The Bertz CT molecular complexity index is 1340. The van der Waals surface area contributed by atoms with Gasteiger partial charge in [-0.3, -0.25) is 9.82 Å². The van der Waals surface area contributed by atoms with Gasteiger partial charge in [0.05, 0.1) is 10.4 Å². The summed E-state index contributed by atoms with van der Waals surface area (Å²) in [5.74, 6) is -1.66. The van der Waals surface area contributed by atoms with Crippen LogP contribution >= 0.6 is 11.6 Å². The van der Waals surface area contributed by atoms with Crippen molar-refractivity contribution in [3.05, 3.63) is 59.3 Å². The van der Waals surface area contributed by atoms with Crippen molar-refractivity contribution in [3.63, 3.8) is 0 Å². The summed E-state index contributed by atoms with van der Waals surface area (Å²) in [7, 11) is -4.32.